The lowest BCUT2D eigenvalue weighted by molar-refractivity contribution is -0.161. The van der Waals surface area contributed by atoms with Crippen molar-refractivity contribution in [3.05, 3.63) is 36.5 Å². The van der Waals surface area contributed by atoms with Crippen LogP contribution in [0.1, 0.15) is 290 Å². The highest BCUT2D eigenvalue weighted by molar-refractivity contribution is 7.47. The zero-order valence-electron chi connectivity index (χ0n) is 44.6. The van der Waals surface area contributed by atoms with Gasteiger partial charge in [-0.3, -0.25) is 18.6 Å². The fraction of sp³-hybridized carbons (Fsp3) is 0.862. The van der Waals surface area contributed by atoms with Gasteiger partial charge in [0.1, 0.15) is 6.61 Å². The molecule has 0 aromatic carbocycles. The number of phosphoric ester groups is 1. The summed E-state index contributed by atoms with van der Waals surface area (Å²) in [5.41, 5.74) is 5.38. The monoisotopic (exact) mass is 980 g/mol. The highest BCUT2D eigenvalue weighted by Crippen LogP contribution is 2.43. The van der Waals surface area contributed by atoms with Gasteiger partial charge in [-0.2, -0.15) is 0 Å². The van der Waals surface area contributed by atoms with E-state index in [1.54, 1.807) is 0 Å². The molecule has 0 aliphatic rings. The summed E-state index contributed by atoms with van der Waals surface area (Å²) in [4.78, 5) is 35.1. The van der Waals surface area contributed by atoms with Crippen LogP contribution in [0.4, 0.5) is 0 Å². The van der Waals surface area contributed by atoms with E-state index in [0.717, 1.165) is 57.8 Å². The maximum atomic E-state index is 12.7. The van der Waals surface area contributed by atoms with E-state index < -0.39 is 26.5 Å². The van der Waals surface area contributed by atoms with Gasteiger partial charge in [-0.15, -0.1) is 0 Å². The highest BCUT2D eigenvalue weighted by Gasteiger charge is 2.26. The molecule has 400 valence electrons. The van der Waals surface area contributed by atoms with Gasteiger partial charge in [-0.05, 0) is 70.6 Å². The number of phosphoric acid groups is 1. The summed E-state index contributed by atoms with van der Waals surface area (Å²) in [7, 11) is -4.38. The predicted molar refractivity (Wildman–Crippen MR) is 289 cm³/mol. The Bertz CT molecular complexity index is 1210. The largest absolute Gasteiger partial charge is 0.472 e. The number of hydrogen-bond donors (Lipinski definition) is 2. The normalized spacial score (nSPS) is 13.3. The average molecular weight is 980 g/mol. The van der Waals surface area contributed by atoms with Crippen LogP contribution >= 0.6 is 7.82 Å². The van der Waals surface area contributed by atoms with Crippen molar-refractivity contribution in [3.8, 4) is 0 Å². The van der Waals surface area contributed by atoms with Gasteiger partial charge >= 0.3 is 19.8 Å². The van der Waals surface area contributed by atoms with Crippen LogP contribution in [-0.2, 0) is 32.7 Å². The number of hydrogen-bond acceptors (Lipinski definition) is 8. The van der Waals surface area contributed by atoms with Crippen LogP contribution in [0.25, 0.3) is 0 Å². The number of nitrogens with two attached hydrogens (primary N) is 1. The molecule has 68 heavy (non-hydrogen) atoms. The van der Waals surface area contributed by atoms with Crippen molar-refractivity contribution in [2.45, 2.75) is 296 Å². The number of carbonyl (C=O) groups excluding carboxylic acids is 2. The summed E-state index contributed by atoms with van der Waals surface area (Å²) in [5.74, 6) is -0.825. The molecule has 0 heterocycles. The Hall–Kier alpha value is -1.77. The van der Waals surface area contributed by atoms with Gasteiger partial charge in [-0.25, -0.2) is 4.57 Å². The lowest BCUT2D eigenvalue weighted by atomic mass is 10.0. The quantitative estimate of drug-likeness (QED) is 0.0264. The molecule has 0 spiro atoms. The van der Waals surface area contributed by atoms with E-state index in [0.29, 0.717) is 6.42 Å². The Kier molecular flexibility index (Phi) is 53.1. The van der Waals surface area contributed by atoms with Crippen molar-refractivity contribution in [1.82, 2.24) is 0 Å². The van der Waals surface area contributed by atoms with E-state index >= 15 is 0 Å². The zero-order valence-corrected chi connectivity index (χ0v) is 45.5. The van der Waals surface area contributed by atoms with E-state index in [1.807, 2.05) is 0 Å². The van der Waals surface area contributed by atoms with Crippen molar-refractivity contribution in [3.63, 3.8) is 0 Å². The first kappa shape index (κ1) is 66.2. The van der Waals surface area contributed by atoms with Crippen molar-refractivity contribution in [1.29, 1.82) is 0 Å². The van der Waals surface area contributed by atoms with Gasteiger partial charge in [0.25, 0.3) is 0 Å². The van der Waals surface area contributed by atoms with Crippen molar-refractivity contribution in [2.75, 3.05) is 26.4 Å². The lowest BCUT2D eigenvalue weighted by Gasteiger charge is -2.19. The smallest absolute Gasteiger partial charge is 0.462 e. The topological polar surface area (TPSA) is 134 Å². The predicted octanol–water partition coefficient (Wildman–Crippen LogP) is 18.0. The van der Waals surface area contributed by atoms with Crippen LogP contribution in [0.2, 0.25) is 0 Å². The second kappa shape index (κ2) is 54.6. The Morgan fingerprint density at radius 1 is 0.441 bits per heavy atom. The first-order valence-corrected chi connectivity index (χ1v) is 30.5. The molecule has 0 aromatic rings. The summed E-state index contributed by atoms with van der Waals surface area (Å²) >= 11 is 0. The minimum absolute atomic E-state index is 0.0538. The van der Waals surface area contributed by atoms with E-state index in [9.17, 15) is 19.0 Å². The zero-order chi connectivity index (χ0) is 49.5. The Morgan fingerprint density at radius 3 is 1.13 bits per heavy atom. The summed E-state index contributed by atoms with van der Waals surface area (Å²) in [6.07, 6.45) is 64.9. The van der Waals surface area contributed by atoms with Gasteiger partial charge in [0.2, 0.25) is 0 Å². The van der Waals surface area contributed by atoms with Gasteiger partial charge in [0, 0.05) is 19.4 Å². The maximum absolute atomic E-state index is 12.7. The van der Waals surface area contributed by atoms with Crippen molar-refractivity contribution < 1.29 is 37.6 Å². The van der Waals surface area contributed by atoms with Crippen LogP contribution < -0.4 is 5.73 Å². The molecule has 0 saturated carbocycles. The van der Waals surface area contributed by atoms with E-state index in [4.69, 9.17) is 24.3 Å². The molecule has 3 N–H and O–H groups in total. The summed E-state index contributed by atoms with van der Waals surface area (Å²) in [5, 5.41) is 0. The number of rotatable bonds is 55. The Labute approximate surface area is 420 Å². The second-order valence-corrected chi connectivity index (χ2v) is 21.0. The van der Waals surface area contributed by atoms with Gasteiger partial charge in [0.05, 0.1) is 13.2 Å². The standard InChI is InChI=1S/C58H110NO8P/c1-3-5-7-9-11-13-15-17-19-21-22-23-24-25-26-27-28-29-30-31-32-33-34-35-37-39-41-43-45-47-49-51-58(61)67-56(55-66-68(62,63)65-53-52-59)54-64-57(60)50-48-46-44-42-40-38-36-20-18-16-14-12-10-8-6-4-2/h15,17,20-22,36,56H,3-14,16,18-19,23-35,37-55,59H2,1-2H3,(H,62,63)/b17-15-,22-21-,36-20-. The molecule has 0 radical (unpaired) electrons. The number of allylic oxidation sites excluding steroid dienone is 6. The molecule has 0 amide bonds. The van der Waals surface area contributed by atoms with Gasteiger partial charge in [-0.1, -0.05) is 243 Å². The summed E-state index contributed by atoms with van der Waals surface area (Å²) < 4.78 is 33.0. The minimum atomic E-state index is -4.38. The number of unbranched alkanes of at least 4 members (excludes halogenated alkanes) is 36. The third kappa shape index (κ3) is 53.6. The fourth-order valence-corrected chi connectivity index (χ4v) is 9.19. The third-order valence-electron chi connectivity index (χ3n) is 12.7. The Morgan fingerprint density at radius 2 is 0.765 bits per heavy atom. The van der Waals surface area contributed by atoms with E-state index in [2.05, 4.69) is 50.3 Å². The van der Waals surface area contributed by atoms with Gasteiger partial charge < -0.3 is 20.1 Å². The van der Waals surface area contributed by atoms with Crippen molar-refractivity contribution in [2.24, 2.45) is 5.73 Å². The van der Waals surface area contributed by atoms with Crippen LogP contribution in [-0.4, -0.2) is 49.3 Å². The molecule has 0 saturated heterocycles. The van der Waals surface area contributed by atoms with Crippen molar-refractivity contribution >= 4 is 19.8 Å². The van der Waals surface area contributed by atoms with Crippen LogP contribution in [0.5, 0.6) is 0 Å². The molecule has 2 unspecified atom stereocenters. The van der Waals surface area contributed by atoms with Crippen LogP contribution in [0, 0.1) is 0 Å². The van der Waals surface area contributed by atoms with E-state index in [-0.39, 0.29) is 38.6 Å². The second-order valence-electron chi connectivity index (χ2n) is 19.5. The summed E-state index contributed by atoms with van der Waals surface area (Å²) in [6.45, 7) is 3.76. The van der Waals surface area contributed by atoms with E-state index in [1.165, 1.54) is 199 Å². The lowest BCUT2D eigenvalue weighted by Crippen LogP contribution is -2.29. The number of esters is 2. The molecule has 0 aliphatic heterocycles. The first-order chi connectivity index (χ1) is 33.3. The molecule has 0 aliphatic carbocycles. The van der Waals surface area contributed by atoms with Gasteiger partial charge in [0.15, 0.2) is 6.10 Å². The summed E-state index contributed by atoms with van der Waals surface area (Å²) in [6, 6.07) is 0. The molecule has 10 heteroatoms. The SMILES string of the molecule is CCCCCCC/C=C\C/C=C\CCCCCCCCCCCCCCCCCCCCCC(=O)OC(COC(=O)CCCCCCC/C=C\CCCCCCCCC)COP(=O)(O)OCCN. The highest BCUT2D eigenvalue weighted by atomic mass is 31.2. The minimum Gasteiger partial charge on any atom is -0.462 e. The molecular formula is C58H110NO8P. The fourth-order valence-electron chi connectivity index (χ4n) is 8.43. The third-order valence-corrected chi connectivity index (χ3v) is 13.7. The average Bonchev–Trinajstić information content (AvgIpc) is 3.33. The Balaban J connectivity index is 3.89. The van der Waals surface area contributed by atoms with Crippen LogP contribution in [0.3, 0.4) is 0 Å². The maximum Gasteiger partial charge on any atom is 0.472 e. The molecule has 0 aromatic heterocycles. The molecule has 2 atom stereocenters. The number of carbonyl (C=O) groups is 2. The molecule has 9 nitrogen and oxygen atoms in total. The molecular weight excluding hydrogens is 870 g/mol. The molecule has 0 fully saturated rings. The number of ether oxygens (including phenoxy) is 2. The first-order valence-electron chi connectivity index (χ1n) is 29.0. The van der Waals surface area contributed by atoms with Crippen LogP contribution in [0.15, 0.2) is 36.5 Å². The molecule has 0 rings (SSSR count). The molecule has 0 bridgehead atoms.